The number of hydrogen-bond acceptors (Lipinski definition) is 3. The Bertz CT molecular complexity index is 653. The van der Waals surface area contributed by atoms with Gasteiger partial charge in [0.1, 0.15) is 6.61 Å². The van der Waals surface area contributed by atoms with E-state index in [9.17, 15) is 13.2 Å². The lowest BCUT2D eigenvalue weighted by atomic mass is 10.2. The molecule has 8 heteroatoms. The molecule has 23 heavy (non-hydrogen) atoms. The van der Waals surface area contributed by atoms with Crippen LogP contribution in [0.25, 0.3) is 0 Å². The van der Waals surface area contributed by atoms with E-state index in [0.29, 0.717) is 5.69 Å². The zero-order valence-corrected chi connectivity index (χ0v) is 14.1. The van der Waals surface area contributed by atoms with Crippen molar-refractivity contribution in [1.29, 1.82) is 0 Å². The molecular formula is C15H12BrClF3NO2. The van der Waals surface area contributed by atoms with Crippen molar-refractivity contribution in [3.8, 4) is 11.5 Å². The highest BCUT2D eigenvalue weighted by Gasteiger charge is 2.29. The summed E-state index contributed by atoms with van der Waals surface area (Å²) in [6.07, 6.45) is -4.45. The topological polar surface area (TPSA) is 31.4 Å². The molecule has 0 aliphatic rings. The summed E-state index contributed by atoms with van der Waals surface area (Å²) in [6, 6.07) is 10.5. The first-order valence-corrected chi connectivity index (χ1v) is 7.83. The van der Waals surface area contributed by atoms with Crippen LogP contribution in [-0.2, 0) is 12.5 Å². The van der Waals surface area contributed by atoms with E-state index in [4.69, 9.17) is 21.1 Å². The van der Waals surface area contributed by atoms with Crippen molar-refractivity contribution in [3.63, 3.8) is 0 Å². The van der Waals surface area contributed by atoms with Crippen LogP contribution in [-0.4, -0.2) is 17.8 Å². The molecule has 1 aromatic carbocycles. The van der Waals surface area contributed by atoms with Gasteiger partial charge in [0.2, 0.25) is 0 Å². The van der Waals surface area contributed by atoms with Gasteiger partial charge < -0.3 is 9.47 Å². The molecule has 0 saturated heterocycles. The first-order chi connectivity index (χ1) is 10.9. The highest BCUT2D eigenvalue weighted by molar-refractivity contribution is 9.10. The second kappa shape index (κ2) is 7.88. The van der Waals surface area contributed by atoms with Crippen molar-refractivity contribution in [2.24, 2.45) is 0 Å². The van der Waals surface area contributed by atoms with Crippen molar-refractivity contribution in [2.45, 2.75) is 18.7 Å². The van der Waals surface area contributed by atoms with Gasteiger partial charge in [-0.05, 0) is 21.5 Å². The van der Waals surface area contributed by atoms with Gasteiger partial charge in [0, 0.05) is 6.07 Å². The lowest BCUT2D eigenvalue weighted by Crippen LogP contribution is -2.19. The van der Waals surface area contributed by atoms with Crippen LogP contribution in [0.3, 0.4) is 0 Å². The van der Waals surface area contributed by atoms with Gasteiger partial charge in [0.25, 0.3) is 0 Å². The molecule has 0 aliphatic carbocycles. The van der Waals surface area contributed by atoms with Gasteiger partial charge in [-0.1, -0.05) is 30.3 Å². The number of ether oxygens (including phenoxy) is 2. The third kappa shape index (κ3) is 5.58. The highest BCUT2D eigenvalue weighted by Crippen LogP contribution is 2.36. The molecule has 1 heterocycles. The summed E-state index contributed by atoms with van der Waals surface area (Å²) >= 11 is 8.86. The number of pyridine rings is 1. The quantitative estimate of drug-likeness (QED) is 0.490. The van der Waals surface area contributed by atoms with Crippen molar-refractivity contribution in [3.05, 3.63) is 52.3 Å². The van der Waals surface area contributed by atoms with E-state index >= 15 is 0 Å². The summed E-state index contributed by atoms with van der Waals surface area (Å²) in [4.78, 5) is 4.11. The molecule has 2 rings (SSSR count). The van der Waals surface area contributed by atoms with E-state index in [1.54, 1.807) is 0 Å². The van der Waals surface area contributed by atoms with E-state index < -0.39 is 12.8 Å². The molecular weight excluding hydrogens is 399 g/mol. The van der Waals surface area contributed by atoms with Crippen LogP contribution in [0.2, 0.25) is 0 Å². The van der Waals surface area contributed by atoms with Crippen LogP contribution < -0.4 is 9.47 Å². The van der Waals surface area contributed by atoms with Crippen LogP contribution in [0.5, 0.6) is 11.5 Å². The van der Waals surface area contributed by atoms with Gasteiger partial charge in [-0.25, -0.2) is 4.98 Å². The van der Waals surface area contributed by atoms with Gasteiger partial charge in [0.05, 0.1) is 11.6 Å². The van der Waals surface area contributed by atoms with Crippen molar-refractivity contribution in [2.75, 3.05) is 6.61 Å². The molecule has 0 spiro atoms. The Kier molecular flexibility index (Phi) is 6.12. The number of aromatic nitrogens is 1. The zero-order chi connectivity index (χ0) is 16.9. The van der Waals surface area contributed by atoms with Gasteiger partial charge in [-0.2, -0.15) is 13.2 Å². The summed E-state index contributed by atoms with van der Waals surface area (Å²) in [5.74, 6) is 0.0858. The first-order valence-electron chi connectivity index (χ1n) is 6.50. The van der Waals surface area contributed by atoms with Crippen molar-refractivity contribution >= 4 is 27.5 Å². The molecule has 0 radical (unpaired) electrons. The molecule has 3 nitrogen and oxygen atoms in total. The SMILES string of the molecule is FC(F)(F)COc1cc(CCl)nc(Br)c1OCc1ccccc1. The lowest BCUT2D eigenvalue weighted by molar-refractivity contribution is -0.153. The summed E-state index contributed by atoms with van der Waals surface area (Å²) in [5, 5.41) is 0. The Hall–Kier alpha value is -1.47. The normalized spacial score (nSPS) is 11.3. The Balaban J connectivity index is 2.21. The summed E-state index contributed by atoms with van der Waals surface area (Å²) in [5.41, 5.74) is 1.24. The third-order valence-electron chi connectivity index (χ3n) is 2.70. The minimum absolute atomic E-state index is 0.0416. The fraction of sp³-hybridized carbons (Fsp3) is 0.267. The fourth-order valence-corrected chi connectivity index (χ4v) is 2.40. The second-order valence-corrected chi connectivity index (χ2v) is 5.56. The number of benzene rings is 1. The predicted molar refractivity (Wildman–Crippen MR) is 83.8 cm³/mol. The van der Waals surface area contributed by atoms with Crippen molar-refractivity contribution < 1.29 is 22.6 Å². The minimum Gasteiger partial charge on any atom is -0.482 e. The molecule has 2 aromatic rings. The Morgan fingerprint density at radius 2 is 1.83 bits per heavy atom. The molecule has 0 amide bonds. The molecule has 1 aromatic heterocycles. The summed E-state index contributed by atoms with van der Waals surface area (Å²) in [6.45, 7) is -1.25. The van der Waals surface area contributed by atoms with Crippen LogP contribution in [0, 0.1) is 0 Å². The highest BCUT2D eigenvalue weighted by atomic mass is 79.9. The monoisotopic (exact) mass is 409 g/mol. The van der Waals surface area contributed by atoms with Crippen molar-refractivity contribution in [1.82, 2.24) is 4.98 Å². The largest absolute Gasteiger partial charge is 0.482 e. The molecule has 0 fully saturated rings. The number of nitrogens with zero attached hydrogens (tertiary/aromatic N) is 1. The van der Waals surface area contributed by atoms with E-state index in [-0.39, 0.29) is 28.6 Å². The number of halogens is 5. The van der Waals surface area contributed by atoms with Crippen LogP contribution in [0.1, 0.15) is 11.3 Å². The molecule has 0 bridgehead atoms. The Morgan fingerprint density at radius 3 is 2.43 bits per heavy atom. The number of rotatable bonds is 6. The molecule has 0 unspecified atom stereocenters. The average Bonchev–Trinajstić information content (AvgIpc) is 2.51. The van der Waals surface area contributed by atoms with Crippen LogP contribution >= 0.6 is 27.5 Å². The number of alkyl halides is 4. The van der Waals surface area contributed by atoms with Gasteiger partial charge in [-0.3, -0.25) is 0 Å². The van der Waals surface area contributed by atoms with Crippen LogP contribution in [0.15, 0.2) is 41.0 Å². The molecule has 0 saturated carbocycles. The molecule has 0 aliphatic heterocycles. The average molecular weight is 411 g/mol. The second-order valence-electron chi connectivity index (χ2n) is 4.54. The Labute approximate surface area is 144 Å². The molecule has 0 N–H and O–H groups in total. The predicted octanol–water partition coefficient (Wildman–Crippen LogP) is 5.10. The smallest absolute Gasteiger partial charge is 0.422 e. The van der Waals surface area contributed by atoms with Gasteiger partial charge in [-0.15, -0.1) is 11.6 Å². The third-order valence-corrected chi connectivity index (χ3v) is 3.52. The maximum Gasteiger partial charge on any atom is 0.422 e. The van der Waals surface area contributed by atoms with E-state index in [1.165, 1.54) is 6.07 Å². The summed E-state index contributed by atoms with van der Waals surface area (Å²) < 4.78 is 47.8. The first kappa shape index (κ1) is 17.9. The minimum atomic E-state index is -4.45. The summed E-state index contributed by atoms with van der Waals surface area (Å²) in [7, 11) is 0. The van der Waals surface area contributed by atoms with E-state index in [0.717, 1.165) is 5.56 Å². The standard InChI is InChI=1S/C15H12BrClF3NO2/c16-14-13(22-8-10-4-2-1-3-5-10)12(6-11(7-17)21-14)23-9-15(18,19)20/h1-6H,7-9H2. The number of hydrogen-bond donors (Lipinski definition) is 0. The van der Waals surface area contributed by atoms with E-state index in [2.05, 4.69) is 20.9 Å². The van der Waals surface area contributed by atoms with E-state index in [1.807, 2.05) is 30.3 Å². The lowest BCUT2D eigenvalue weighted by Gasteiger charge is -2.16. The maximum absolute atomic E-state index is 12.4. The van der Waals surface area contributed by atoms with Gasteiger partial charge in [0.15, 0.2) is 22.7 Å². The van der Waals surface area contributed by atoms with Gasteiger partial charge >= 0.3 is 6.18 Å². The van der Waals surface area contributed by atoms with Crippen LogP contribution in [0.4, 0.5) is 13.2 Å². The molecule has 0 atom stereocenters. The maximum atomic E-state index is 12.4. The fourth-order valence-electron chi connectivity index (χ4n) is 1.72. The molecule has 124 valence electrons. The Morgan fingerprint density at radius 1 is 1.13 bits per heavy atom. The zero-order valence-electron chi connectivity index (χ0n) is 11.7.